The second-order valence-corrected chi connectivity index (χ2v) is 4.56. The van der Waals surface area contributed by atoms with Crippen molar-refractivity contribution in [2.45, 2.75) is 27.7 Å². The molecule has 7 nitrogen and oxygen atoms in total. The molecule has 0 amide bonds. The Labute approximate surface area is 107 Å². The van der Waals surface area contributed by atoms with E-state index in [4.69, 9.17) is 19.6 Å². The predicted octanol–water partition coefficient (Wildman–Crippen LogP) is 1.84. The van der Waals surface area contributed by atoms with Gasteiger partial charge < -0.3 is 0 Å². The lowest BCUT2D eigenvalue weighted by Gasteiger charge is -2.29. The molecule has 0 aliphatic carbocycles. The quantitative estimate of drug-likeness (QED) is 0.245. The van der Waals surface area contributed by atoms with E-state index in [0.29, 0.717) is 13.2 Å². The van der Waals surface area contributed by atoms with E-state index >= 15 is 0 Å². The Hall–Kier alpha value is -0.760. The molecule has 0 radical (unpaired) electrons. The maximum atomic E-state index is 10.6. The lowest BCUT2D eigenvalue weighted by Crippen LogP contribution is -2.37. The van der Waals surface area contributed by atoms with Crippen molar-refractivity contribution >= 4 is 0 Å². The van der Waals surface area contributed by atoms with Gasteiger partial charge in [-0.25, -0.2) is 19.6 Å². The molecule has 0 aliphatic heterocycles. The van der Waals surface area contributed by atoms with Crippen molar-refractivity contribution < 1.29 is 24.5 Å². The van der Waals surface area contributed by atoms with Crippen molar-refractivity contribution in [3.05, 3.63) is 10.1 Å². The van der Waals surface area contributed by atoms with E-state index in [0.717, 1.165) is 0 Å². The van der Waals surface area contributed by atoms with Gasteiger partial charge in [-0.05, 0) is 13.8 Å². The summed E-state index contributed by atoms with van der Waals surface area (Å²) in [6.45, 7) is 8.33. The van der Waals surface area contributed by atoms with E-state index in [1.807, 2.05) is 0 Å². The van der Waals surface area contributed by atoms with Crippen LogP contribution in [0.1, 0.15) is 27.7 Å². The van der Waals surface area contributed by atoms with Crippen LogP contribution in [0.3, 0.4) is 0 Å². The summed E-state index contributed by atoms with van der Waals surface area (Å²) in [4.78, 5) is 29.9. The van der Waals surface area contributed by atoms with Crippen LogP contribution in [-0.2, 0) is 19.6 Å². The molecule has 0 fully saturated rings. The van der Waals surface area contributed by atoms with E-state index in [-0.39, 0.29) is 30.6 Å². The SMILES string of the molecule is CCOOCC(COOCC)C(C)(C)C[N+](=O)[O-]. The van der Waals surface area contributed by atoms with Crippen LogP contribution in [0.25, 0.3) is 0 Å². The van der Waals surface area contributed by atoms with Crippen molar-refractivity contribution in [1.82, 2.24) is 0 Å². The standard InChI is InChI=1S/C11H23NO6/c1-5-15-17-7-10(8-18-16-6-2)11(3,4)9-12(13)14/h10H,5-9H2,1-4H3. The number of nitro groups is 1. The van der Waals surface area contributed by atoms with Gasteiger partial charge in [-0.3, -0.25) is 10.1 Å². The van der Waals surface area contributed by atoms with Gasteiger partial charge in [0, 0.05) is 16.3 Å². The Morgan fingerprint density at radius 3 is 1.83 bits per heavy atom. The second-order valence-electron chi connectivity index (χ2n) is 4.56. The highest BCUT2D eigenvalue weighted by molar-refractivity contribution is 4.77. The minimum absolute atomic E-state index is 0.164. The molecule has 0 spiro atoms. The van der Waals surface area contributed by atoms with E-state index in [1.165, 1.54) is 0 Å². The molecular formula is C11H23NO6. The second kappa shape index (κ2) is 9.21. The van der Waals surface area contributed by atoms with Gasteiger partial charge in [0.2, 0.25) is 6.54 Å². The summed E-state index contributed by atoms with van der Waals surface area (Å²) < 4.78 is 0. The average molecular weight is 265 g/mol. The van der Waals surface area contributed by atoms with Gasteiger partial charge in [-0.1, -0.05) is 13.8 Å². The van der Waals surface area contributed by atoms with Gasteiger partial charge in [0.05, 0.1) is 26.4 Å². The molecule has 108 valence electrons. The summed E-state index contributed by atoms with van der Waals surface area (Å²) in [6, 6.07) is 0. The molecular weight excluding hydrogens is 242 g/mol. The zero-order valence-corrected chi connectivity index (χ0v) is 11.5. The van der Waals surface area contributed by atoms with E-state index in [2.05, 4.69) is 0 Å². The maximum absolute atomic E-state index is 10.6. The lowest BCUT2D eigenvalue weighted by molar-refractivity contribution is -0.500. The van der Waals surface area contributed by atoms with Gasteiger partial charge in [-0.15, -0.1) is 0 Å². The van der Waals surface area contributed by atoms with Crippen molar-refractivity contribution in [1.29, 1.82) is 0 Å². The number of hydrogen-bond acceptors (Lipinski definition) is 6. The molecule has 0 saturated heterocycles. The Morgan fingerprint density at radius 1 is 1.06 bits per heavy atom. The zero-order valence-electron chi connectivity index (χ0n) is 11.5. The van der Waals surface area contributed by atoms with Crippen LogP contribution >= 0.6 is 0 Å². The van der Waals surface area contributed by atoms with Gasteiger partial charge in [0.1, 0.15) is 0 Å². The van der Waals surface area contributed by atoms with E-state index < -0.39 is 5.41 Å². The Morgan fingerprint density at radius 2 is 1.50 bits per heavy atom. The average Bonchev–Trinajstić information content (AvgIpc) is 2.25. The molecule has 0 rings (SSSR count). The maximum Gasteiger partial charge on any atom is 0.209 e. The summed E-state index contributed by atoms with van der Waals surface area (Å²) in [5.41, 5.74) is -0.572. The molecule has 0 aromatic heterocycles. The number of hydrogen-bond donors (Lipinski definition) is 0. The van der Waals surface area contributed by atoms with Crippen LogP contribution in [0.4, 0.5) is 0 Å². The Kier molecular flexibility index (Phi) is 8.82. The topological polar surface area (TPSA) is 80.1 Å². The van der Waals surface area contributed by atoms with Crippen molar-refractivity contribution in [2.75, 3.05) is 33.0 Å². The highest BCUT2D eigenvalue weighted by Gasteiger charge is 2.35. The van der Waals surface area contributed by atoms with Gasteiger partial charge >= 0.3 is 0 Å². The first-order chi connectivity index (χ1) is 8.44. The smallest absolute Gasteiger partial charge is 0.209 e. The molecule has 0 bridgehead atoms. The molecule has 0 unspecified atom stereocenters. The van der Waals surface area contributed by atoms with Crippen molar-refractivity contribution in [3.8, 4) is 0 Å². The predicted molar refractivity (Wildman–Crippen MR) is 64.3 cm³/mol. The van der Waals surface area contributed by atoms with E-state index in [9.17, 15) is 10.1 Å². The number of nitrogens with zero attached hydrogens (tertiary/aromatic N) is 1. The van der Waals surface area contributed by atoms with E-state index in [1.54, 1.807) is 27.7 Å². The highest BCUT2D eigenvalue weighted by atomic mass is 17.2. The number of rotatable bonds is 11. The zero-order chi connectivity index (χ0) is 14.0. The van der Waals surface area contributed by atoms with Crippen LogP contribution in [0.5, 0.6) is 0 Å². The molecule has 18 heavy (non-hydrogen) atoms. The van der Waals surface area contributed by atoms with Crippen LogP contribution in [0, 0.1) is 21.4 Å². The van der Waals surface area contributed by atoms with Gasteiger partial charge in [0.25, 0.3) is 0 Å². The van der Waals surface area contributed by atoms with Crippen molar-refractivity contribution in [2.24, 2.45) is 11.3 Å². The van der Waals surface area contributed by atoms with Crippen LogP contribution in [0.2, 0.25) is 0 Å². The molecule has 0 aromatic rings. The fraction of sp³-hybridized carbons (Fsp3) is 1.00. The fourth-order valence-corrected chi connectivity index (χ4v) is 1.39. The molecule has 0 atom stereocenters. The summed E-state index contributed by atoms with van der Waals surface area (Å²) in [5, 5.41) is 10.6. The minimum Gasteiger partial charge on any atom is -0.265 e. The molecule has 0 heterocycles. The lowest BCUT2D eigenvalue weighted by atomic mass is 9.80. The molecule has 0 N–H and O–H groups in total. The summed E-state index contributed by atoms with van der Waals surface area (Å²) in [5.74, 6) is -0.194. The van der Waals surface area contributed by atoms with Crippen molar-refractivity contribution in [3.63, 3.8) is 0 Å². The molecule has 0 aromatic carbocycles. The molecule has 0 aliphatic rings. The first-order valence-corrected chi connectivity index (χ1v) is 6.04. The first kappa shape index (κ1) is 17.2. The highest BCUT2D eigenvalue weighted by Crippen LogP contribution is 2.28. The van der Waals surface area contributed by atoms with Gasteiger partial charge in [-0.2, -0.15) is 0 Å². The minimum atomic E-state index is -0.572. The van der Waals surface area contributed by atoms with Gasteiger partial charge in [0.15, 0.2) is 0 Å². The Balaban J connectivity index is 4.35. The van der Waals surface area contributed by atoms with Crippen LogP contribution in [0.15, 0.2) is 0 Å². The third-order valence-electron chi connectivity index (χ3n) is 2.58. The summed E-state index contributed by atoms with van der Waals surface area (Å²) in [6.07, 6.45) is 0. The normalized spacial score (nSPS) is 12.1. The summed E-state index contributed by atoms with van der Waals surface area (Å²) in [7, 11) is 0. The third kappa shape index (κ3) is 7.54. The monoisotopic (exact) mass is 265 g/mol. The largest absolute Gasteiger partial charge is 0.265 e. The third-order valence-corrected chi connectivity index (χ3v) is 2.58. The molecule has 7 heteroatoms. The van der Waals surface area contributed by atoms with Crippen LogP contribution in [-0.4, -0.2) is 37.9 Å². The summed E-state index contributed by atoms with van der Waals surface area (Å²) >= 11 is 0. The Bertz CT molecular complexity index is 224. The fourth-order valence-electron chi connectivity index (χ4n) is 1.39. The molecule has 0 saturated carbocycles. The van der Waals surface area contributed by atoms with Crippen LogP contribution < -0.4 is 0 Å². The first-order valence-electron chi connectivity index (χ1n) is 6.04.